The van der Waals surface area contributed by atoms with Crippen LogP contribution in [0, 0.1) is 5.82 Å². The Morgan fingerprint density at radius 1 is 1.18 bits per heavy atom. The molecule has 5 nitrogen and oxygen atoms in total. The second-order valence-corrected chi connectivity index (χ2v) is 5.32. The first-order valence-corrected chi connectivity index (χ1v) is 7.64. The van der Waals surface area contributed by atoms with E-state index >= 15 is 0 Å². The maximum absolute atomic E-state index is 13.4. The normalized spacial score (nSPS) is 15.6. The first kappa shape index (κ1) is 16.4. The molecule has 0 unspecified atom stereocenters. The summed E-state index contributed by atoms with van der Waals surface area (Å²) in [7, 11) is 0. The van der Waals surface area contributed by atoms with E-state index in [1.807, 2.05) is 0 Å². The molecule has 1 fully saturated rings. The van der Waals surface area contributed by atoms with Crippen LogP contribution in [0.3, 0.4) is 0 Å². The number of hydrogen-bond acceptors (Lipinski definition) is 3. The summed E-state index contributed by atoms with van der Waals surface area (Å²) in [6, 6.07) is 6.43. The van der Waals surface area contributed by atoms with Gasteiger partial charge in [-0.05, 0) is 24.6 Å². The zero-order valence-corrected chi connectivity index (χ0v) is 12.8. The zero-order valence-electron chi connectivity index (χ0n) is 12.8. The Morgan fingerprint density at radius 2 is 1.86 bits per heavy atom. The summed E-state index contributed by atoms with van der Waals surface area (Å²) in [5.74, 6) is -1.40. The van der Waals surface area contributed by atoms with Crippen LogP contribution in [0.4, 0.5) is 4.39 Å². The summed E-state index contributed by atoms with van der Waals surface area (Å²) < 4.78 is 13.4. The molecule has 1 aliphatic rings. The highest BCUT2D eigenvalue weighted by atomic mass is 19.1. The van der Waals surface area contributed by atoms with Gasteiger partial charge in [-0.2, -0.15) is 0 Å². The molecule has 0 saturated carbocycles. The smallest absolute Gasteiger partial charge is 0.311 e. The number of nitrogens with one attached hydrogen (secondary N) is 1. The van der Waals surface area contributed by atoms with Gasteiger partial charge in [-0.25, -0.2) is 4.39 Å². The zero-order chi connectivity index (χ0) is 15.9. The lowest BCUT2D eigenvalue weighted by Crippen LogP contribution is -2.52. The predicted molar refractivity (Wildman–Crippen MR) is 81.8 cm³/mol. The maximum Gasteiger partial charge on any atom is 0.311 e. The lowest BCUT2D eigenvalue weighted by atomic mass is 10.1. The Balaban J connectivity index is 1.75. The van der Waals surface area contributed by atoms with Gasteiger partial charge in [-0.1, -0.05) is 25.1 Å². The number of carbonyl (C=O) groups is 2. The van der Waals surface area contributed by atoms with Crippen LogP contribution in [-0.4, -0.2) is 60.9 Å². The number of halogens is 1. The van der Waals surface area contributed by atoms with Gasteiger partial charge >= 0.3 is 11.8 Å². The number of likely N-dealkylation sites (N-methyl/N-ethyl adjacent to an activating group) is 1. The number of amides is 2. The van der Waals surface area contributed by atoms with Crippen LogP contribution < -0.4 is 5.32 Å². The van der Waals surface area contributed by atoms with Gasteiger partial charge in [0.25, 0.3) is 0 Å². The Morgan fingerprint density at radius 3 is 2.50 bits per heavy atom. The Hall–Kier alpha value is -1.95. The molecule has 22 heavy (non-hydrogen) atoms. The molecular weight excluding hydrogens is 285 g/mol. The quantitative estimate of drug-likeness (QED) is 0.831. The number of nitrogens with zero attached hydrogens (tertiary/aromatic N) is 2. The van der Waals surface area contributed by atoms with E-state index in [2.05, 4.69) is 17.1 Å². The molecule has 2 amide bonds. The highest BCUT2D eigenvalue weighted by Gasteiger charge is 2.25. The van der Waals surface area contributed by atoms with Crippen molar-refractivity contribution >= 4 is 11.8 Å². The fourth-order valence-corrected chi connectivity index (χ4v) is 2.50. The van der Waals surface area contributed by atoms with Crippen LogP contribution >= 0.6 is 0 Å². The van der Waals surface area contributed by atoms with Gasteiger partial charge in [0.2, 0.25) is 0 Å². The lowest BCUT2D eigenvalue weighted by molar-refractivity contribution is -0.146. The molecule has 0 spiro atoms. The Bertz CT molecular complexity index is 528. The second-order valence-electron chi connectivity index (χ2n) is 5.32. The molecule has 0 aromatic heterocycles. The molecular formula is C16H22FN3O2. The SMILES string of the molecule is CCN1CCN(C(=O)C(=O)NCCc2ccccc2F)CC1. The van der Waals surface area contributed by atoms with E-state index in [1.165, 1.54) is 6.07 Å². The van der Waals surface area contributed by atoms with E-state index in [0.717, 1.165) is 19.6 Å². The minimum Gasteiger partial charge on any atom is -0.347 e. The molecule has 0 aliphatic carbocycles. The van der Waals surface area contributed by atoms with Gasteiger partial charge < -0.3 is 15.1 Å². The predicted octanol–water partition coefficient (Wildman–Crippen LogP) is 0.649. The van der Waals surface area contributed by atoms with E-state index in [0.29, 0.717) is 25.1 Å². The summed E-state index contributed by atoms with van der Waals surface area (Å²) in [4.78, 5) is 27.7. The van der Waals surface area contributed by atoms with Crippen LogP contribution in [0.5, 0.6) is 0 Å². The van der Waals surface area contributed by atoms with Gasteiger partial charge in [0, 0.05) is 32.7 Å². The summed E-state index contributed by atoms with van der Waals surface area (Å²) >= 11 is 0. The summed E-state index contributed by atoms with van der Waals surface area (Å²) in [6.07, 6.45) is 0.370. The van der Waals surface area contributed by atoms with Crippen molar-refractivity contribution in [3.05, 3.63) is 35.6 Å². The Kier molecular flexibility index (Phi) is 5.89. The van der Waals surface area contributed by atoms with E-state index in [-0.39, 0.29) is 12.4 Å². The van der Waals surface area contributed by atoms with E-state index in [9.17, 15) is 14.0 Å². The van der Waals surface area contributed by atoms with Crippen molar-refractivity contribution in [2.75, 3.05) is 39.3 Å². The topological polar surface area (TPSA) is 52.7 Å². The number of hydrogen-bond donors (Lipinski definition) is 1. The molecule has 1 aromatic carbocycles. The first-order valence-electron chi connectivity index (χ1n) is 7.64. The summed E-state index contributed by atoms with van der Waals surface area (Å²) in [5.41, 5.74) is 0.534. The summed E-state index contributed by atoms with van der Waals surface area (Å²) in [5, 5.41) is 2.57. The van der Waals surface area contributed by atoms with Crippen molar-refractivity contribution in [2.24, 2.45) is 0 Å². The third-order valence-electron chi connectivity index (χ3n) is 3.94. The molecule has 1 aliphatic heterocycles. The maximum atomic E-state index is 13.4. The molecule has 1 saturated heterocycles. The highest BCUT2D eigenvalue weighted by Crippen LogP contribution is 2.06. The first-order chi connectivity index (χ1) is 10.6. The van der Waals surface area contributed by atoms with Crippen molar-refractivity contribution < 1.29 is 14.0 Å². The molecule has 1 heterocycles. The standard InChI is InChI=1S/C16H22FN3O2/c1-2-19-9-11-20(12-10-19)16(22)15(21)18-8-7-13-5-3-4-6-14(13)17/h3-6H,2,7-12H2,1H3,(H,18,21). The minimum absolute atomic E-state index is 0.250. The van der Waals surface area contributed by atoms with Gasteiger partial charge in [-0.3, -0.25) is 9.59 Å². The van der Waals surface area contributed by atoms with E-state index < -0.39 is 11.8 Å². The van der Waals surface area contributed by atoms with Gasteiger partial charge in [0.1, 0.15) is 5.82 Å². The van der Waals surface area contributed by atoms with Crippen LogP contribution in [0.1, 0.15) is 12.5 Å². The van der Waals surface area contributed by atoms with Gasteiger partial charge in [0.05, 0.1) is 0 Å². The molecule has 120 valence electrons. The molecule has 0 bridgehead atoms. The number of carbonyl (C=O) groups excluding carboxylic acids is 2. The van der Waals surface area contributed by atoms with E-state index in [4.69, 9.17) is 0 Å². The van der Waals surface area contributed by atoms with E-state index in [1.54, 1.807) is 23.1 Å². The molecule has 0 radical (unpaired) electrons. The number of piperazine rings is 1. The molecule has 0 atom stereocenters. The average molecular weight is 307 g/mol. The minimum atomic E-state index is -0.610. The van der Waals surface area contributed by atoms with Gasteiger partial charge in [-0.15, -0.1) is 0 Å². The third kappa shape index (κ3) is 4.27. The van der Waals surface area contributed by atoms with Crippen molar-refractivity contribution in [2.45, 2.75) is 13.3 Å². The van der Waals surface area contributed by atoms with Crippen molar-refractivity contribution in [1.29, 1.82) is 0 Å². The number of benzene rings is 1. The largest absolute Gasteiger partial charge is 0.347 e. The van der Waals surface area contributed by atoms with Crippen molar-refractivity contribution in [3.63, 3.8) is 0 Å². The Labute approximate surface area is 130 Å². The van der Waals surface area contributed by atoms with Crippen molar-refractivity contribution in [1.82, 2.24) is 15.1 Å². The van der Waals surface area contributed by atoms with Gasteiger partial charge in [0.15, 0.2) is 0 Å². The molecule has 1 aromatic rings. The van der Waals surface area contributed by atoms with Crippen LogP contribution in [0.25, 0.3) is 0 Å². The monoisotopic (exact) mass is 307 g/mol. The molecule has 2 rings (SSSR count). The fraction of sp³-hybridized carbons (Fsp3) is 0.500. The van der Waals surface area contributed by atoms with Crippen LogP contribution in [0.15, 0.2) is 24.3 Å². The second kappa shape index (κ2) is 7.89. The fourth-order valence-electron chi connectivity index (χ4n) is 2.50. The molecule has 1 N–H and O–H groups in total. The summed E-state index contributed by atoms with van der Waals surface area (Å²) in [6.45, 7) is 6.03. The van der Waals surface area contributed by atoms with Crippen LogP contribution in [-0.2, 0) is 16.0 Å². The molecule has 6 heteroatoms. The third-order valence-corrected chi connectivity index (χ3v) is 3.94. The average Bonchev–Trinajstić information content (AvgIpc) is 2.56. The van der Waals surface area contributed by atoms with Crippen LogP contribution in [0.2, 0.25) is 0 Å². The highest BCUT2D eigenvalue weighted by molar-refractivity contribution is 6.35. The number of rotatable bonds is 4. The van der Waals surface area contributed by atoms with Crippen molar-refractivity contribution in [3.8, 4) is 0 Å². The lowest BCUT2D eigenvalue weighted by Gasteiger charge is -2.33.